The van der Waals surface area contributed by atoms with Gasteiger partial charge in [-0.3, -0.25) is 4.79 Å². The first-order valence-electron chi connectivity index (χ1n) is 8.13. The first kappa shape index (κ1) is 16.0. The van der Waals surface area contributed by atoms with E-state index in [0.29, 0.717) is 4.88 Å². The maximum Gasteiger partial charge on any atom is 0.267 e. The number of amides is 1. The molecule has 2 heterocycles. The van der Waals surface area contributed by atoms with Crippen molar-refractivity contribution in [3.05, 3.63) is 39.8 Å². The van der Waals surface area contributed by atoms with Crippen LogP contribution in [0.2, 0.25) is 0 Å². The molecule has 2 aromatic rings. The van der Waals surface area contributed by atoms with Crippen molar-refractivity contribution in [2.45, 2.75) is 33.6 Å². The van der Waals surface area contributed by atoms with E-state index >= 15 is 0 Å². The van der Waals surface area contributed by atoms with Gasteiger partial charge in [-0.25, -0.2) is 4.98 Å². The number of hydrogen-bond donors (Lipinski definition) is 1. The number of aryl methyl sites for hydroxylation is 2. The Morgan fingerprint density at radius 3 is 2.43 bits per heavy atom. The van der Waals surface area contributed by atoms with Crippen molar-refractivity contribution in [3.63, 3.8) is 0 Å². The lowest BCUT2D eigenvalue weighted by Gasteiger charge is -2.32. The molecule has 0 aliphatic carbocycles. The van der Waals surface area contributed by atoms with Crippen LogP contribution in [0.25, 0.3) is 0 Å². The number of piperidine rings is 1. The molecule has 0 radical (unpaired) electrons. The molecule has 0 bridgehead atoms. The fraction of sp³-hybridized carbons (Fsp3) is 0.444. The highest BCUT2D eigenvalue weighted by Gasteiger charge is 2.17. The van der Waals surface area contributed by atoms with Crippen LogP contribution >= 0.6 is 11.3 Å². The molecular weight excluding hydrogens is 306 g/mol. The molecular formula is C18H23N3OS. The van der Waals surface area contributed by atoms with Gasteiger partial charge in [-0.1, -0.05) is 6.92 Å². The second-order valence-corrected chi connectivity index (χ2v) is 7.52. The largest absolute Gasteiger partial charge is 0.372 e. The number of nitrogens with one attached hydrogen (secondary N) is 1. The Bertz CT molecular complexity index is 685. The van der Waals surface area contributed by atoms with Gasteiger partial charge in [-0.05, 0) is 56.9 Å². The molecule has 1 N–H and O–H groups in total. The third kappa shape index (κ3) is 3.72. The minimum atomic E-state index is -0.0763. The van der Waals surface area contributed by atoms with E-state index in [1.54, 1.807) is 0 Å². The van der Waals surface area contributed by atoms with Gasteiger partial charge in [0.2, 0.25) is 0 Å². The summed E-state index contributed by atoms with van der Waals surface area (Å²) in [6.07, 6.45) is 2.50. The summed E-state index contributed by atoms with van der Waals surface area (Å²) >= 11 is 1.44. The molecule has 0 saturated carbocycles. The van der Waals surface area contributed by atoms with Crippen LogP contribution in [0.5, 0.6) is 0 Å². The minimum absolute atomic E-state index is 0.0763. The van der Waals surface area contributed by atoms with Crippen molar-refractivity contribution in [1.82, 2.24) is 4.98 Å². The highest BCUT2D eigenvalue weighted by Crippen LogP contribution is 2.25. The highest BCUT2D eigenvalue weighted by molar-refractivity contribution is 7.13. The standard InChI is InChI=1S/C18H23N3OS/c1-12-8-10-21(11-9-12)16-6-4-15(5-7-16)20-18(22)17-13(2)19-14(3)23-17/h4-7,12H,8-11H2,1-3H3,(H,20,22). The van der Waals surface area contributed by atoms with Crippen LogP contribution in [0.1, 0.15) is 40.1 Å². The molecule has 122 valence electrons. The molecule has 0 spiro atoms. The van der Waals surface area contributed by atoms with E-state index < -0.39 is 0 Å². The van der Waals surface area contributed by atoms with Crippen LogP contribution < -0.4 is 10.2 Å². The van der Waals surface area contributed by atoms with Crippen molar-refractivity contribution in [3.8, 4) is 0 Å². The minimum Gasteiger partial charge on any atom is -0.372 e. The lowest BCUT2D eigenvalue weighted by Crippen LogP contribution is -2.32. The maximum absolute atomic E-state index is 12.3. The van der Waals surface area contributed by atoms with Gasteiger partial charge < -0.3 is 10.2 Å². The van der Waals surface area contributed by atoms with Gasteiger partial charge in [-0.15, -0.1) is 11.3 Å². The molecule has 1 fully saturated rings. The van der Waals surface area contributed by atoms with Gasteiger partial charge >= 0.3 is 0 Å². The molecule has 1 aliphatic heterocycles. The Morgan fingerprint density at radius 1 is 1.22 bits per heavy atom. The van der Waals surface area contributed by atoms with Crippen LogP contribution in [0.4, 0.5) is 11.4 Å². The van der Waals surface area contributed by atoms with E-state index in [2.05, 4.69) is 34.3 Å². The summed E-state index contributed by atoms with van der Waals surface area (Å²) in [6, 6.07) is 8.15. The molecule has 23 heavy (non-hydrogen) atoms. The quantitative estimate of drug-likeness (QED) is 0.915. The molecule has 4 nitrogen and oxygen atoms in total. The van der Waals surface area contributed by atoms with Crippen LogP contribution in [0.15, 0.2) is 24.3 Å². The van der Waals surface area contributed by atoms with E-state index in [9.17, 15) is 4.79 Å². The number of thiazole rings is 1. The fourth-order valence-electron chi connectivity index (χ4n) is 2.95. The number of rotatable bonds is 3. The van der Waals surface area contributed by atoms with Crippen LogP contribution in [0, 0.1) is 19.8 Å². The summed E-state index contributed by atoms with van der Waals surface area (Å²) in [5.41, 5.74) is 2.86. The summed E-state index contributed by atoms with van der Waals surface area (Å²) < 4.78 is 0. The number of carbonyl (C=O) groups excluding carboxylic acids is 1. The predicted octanol–water partition coefficient (Wildman–Crippen LogP) is 4.25. The highest BCUT2D eigenvalue weighted by atomic mass is 32.1. The summed E-state index contributed by atoms with van der Waals surface area (Å²) in [7, 11) is 0. The van der Waals surface area contributed by atoms with E-state index in [1.165, 1.54) is 29.9 Å². The number of hydrogen-bond acceptors (Lipinski definition) is 4. The molecule has 1 aromatic carbocycles. The summed E-state index contributed by atoms with van der Waals surface area (Å²) in [5.74, 6) is 0.753. The summed E-state index contributed by atoms with van der Waals surface area (Å²) in [5, 5.41) is 3.88. The van der Waals surface area contributed by atoms with Crippen molar-refractivity contribution in [2.75, 3.05) is 23.3 Å². The topological polar surface area (TPSA) is 45.2 Å². The van der Waals surface area contributed by atoms with E-state index in [1.807, 2.05) is 26.0 Å². The third-order valence-corrected chi connectivity index (χ3v) is 5.46. The average molecular weight is 329 g/mol. The predicted molar refractivity (Wildman–Crippen MR) is 96.6 cm³/mol. The summed E-state index contributed by atoms with van der Waals surface area (Å²) in [4.78, 5) is 19.7. The second-order valence-electron chi connectivity index (χ2n) is 6.32. The lowest BCUT2D eigenvalue weighted by atomic mass is 9.99. The number of benzene rings is 1. The number of carbonyl (C=O) groups is 1. The van der Waals surface area contributed by atoms with Crippen LogP contribution in [-0.2, 0) is 0 Å². The van der Waals surface area contributed by atoms with Gasteiger partial charge in [0.1, 0.15) is 4.88 Å². The first-order chi connectivity index (χ1) is 11.0. The van der Waals surface area contributed by atoms with Crippen molar-refractivity contribution >= 4 is 28.6 Å². The molecule has 0 atom stereocenters. The number of anilines is 2. The number of aromatic nitrogens is 1. The zero-order chi connectivity index (χ0) is 16.4. The van der Waals surface area contributed by atoms with E-state index in [0.717, 1.165) is 35.4 Å². The SMILES string of the molecule is Cc1nc(C)c(C(=O)Nc2ccc(N3CCC(C)CC3)cc2)s1. The molecule has 1 aliphatic rings. The Balaban J connectivity index is 1.65. The van der Waals surface area contributed by atoms with Crippen molar-refractivity contribution in [1.29, 1.82) is 0 Å². The number of nitrogens with zero attached hydrogens (tertiary/aromatic N) is 2. The van der Waals surface area contributed by atoms with E-state index in [4.69, 9.17) is 0 Å². The van der Waals surface area contributed by atoms with Crippen LogP contribution in [0.3, 0.4) is 0 Å². The molecule has 3 rings (SSSR count). The Kier molecular flexibility index (Phi) is 4.66. The Morgan fingerprint density at radius 2 is 1.87 bits per heavy atom. The summed E-state index contributed by atoms with van der Waals surface area (Å²) in [6.45, 7) is 8.35. The zero-order valence-electron chi connectivity index (χ0n) is 13.9. The van der Waals surface area contributed by atoms with Gasteiger partial charge in [0.15, 0.2) is 0 Å². The van der Waals surface area contributed by atoms with Gasteiger partial charge in [0, 0.05) is 24.5 Å². The van der Waals surface area contributed by atoms with Crippen molar-refractivity contribution in [2.24, 2.45) is 5.92 Å². The maximum atomic E-state index is 12.3. The second kappa shape index (κ2) is 6.71. The fourth-order valence-corrected chi connectivity index (χ4v) is 3.77. The third-order valence-electron chi connectivity index (χ3n) is 4.38. The average Bonchev–Trinajstić information content (AvgIpc) is 2.88. The smallest absolute Gasteiger partial charge is 0.267 e. The van der Waals surface area contributed by atoms with Crippen LogP contribution in [-0.4, -0.2) is 24.0 Å². The molecule has 1 saturated heterocycles. The molecule has 5 heteroatoms. The normalized spacial score (nSPS) is 15.7. The van der Waals surface area contributed by atoms with Crippen molar-refractivity contribution < 1.29 is 4.79 Å². The van der Waals surface area contributed by atoms with E-state index in [-0.39, 0.29) is 5.91 Å². The van der Waals surface area contributed by atoms with Gasteiger partial charge in [0.05, 0.1) is 10.7 Å². The molecule has 1 aromatic heterocycles. The Hall–Kier alpha value is -1.88. The molecule has 1 amide bonds. The zero-order valence-corrected chi connectivity index (χ0v) is 14.7. The molecule has 0 unspecified atom stereocenters. The van der Waals surface area contributed by atoms with Gasteiger partial charge in [-0.2, -0.15) is 0 Å². The lowest BCUT2D eigenvalue weighted by molar-refractivity contribution is 0.103. The monoisotopic (exact) mass is 329 g/mol. The Labute approximate surface area is 141 Å². The first-order valence-corrected chi connectivity index (χ1v) is 8.95. The van der Waals surface area contributed by atoms with Gasteiger partial charge in [0.25, 0.3) is 5.91 Å².